The quantitative estimate of drug-likeness (QED) is 0.811. The van der Waals surface area contributed by atoms with E-state index in [-0.39, 0.29) is 5.92 Å². The molecule has 3 fully saturated rings. The molecule has 4 rings (SSSR count). The maximum Gasteiger partial charge on any atom is 0.226 e. The van der Waals surface area contributed by atoms with E-state index in [9.17, 15) is 4.79 Å². The molecule has 0 radical (unpaired) electrons. The van der Waals surface area contributed by atoms with Gasteiger partial charge in [0.1, 0.15) is 0 Å². The SMILES string of the molecule is O=C([C@@H]1C[C@@H]1c1ccccc1)N1CCC[C@@H]1C1CCCCC1. The summed E-state index contributed by atoms with van der Waals surface area (Å²) in [5.41, 5.74) is 1.36. The number of carbonyl (C=O) groups excluding carboxylic acids is 1. The Morgan fingerprint density at radius 1 is 0.955 bits per heavy atom. The van der Waals surface area contributed by atoms with Gasteiger partial charge in [-0.1, -0.05) is 49.6 Å². The largest absolute Gasteiger partial charge is 0.339 e. The van der Waals surface area contributed by atoms with Gasteiger partial charge >= 0.3 is 0 Å². The first-order chi connectivity index (χ1) is 10.8. The van der Waals surface area contributed by atoms with Crippen molar-refractivity contribution in [3.05, 3.63) is 35.9 Å². The smallest absolute Gasteiger partial charge is 0.226 e. The highest BCUT2D eigenvalue weighted by molar-refractivity contribution is 5.83. The van der Waals surface area contributed by atoms with E-state index in [0.29, 0.717) is 17.9 Å². The summed E-state index contributed by atoms with van der Waals surface area (Å²) >= 11 is 0. The minimum atomic E-state index is 0.270. The lowest BCUT2D eigenvalue weighted by Gasteiger charge is -2.34. The van der Waals surface area contributed by atoms with Gasteiger partial charge in [0.15, 0.2) is 0 Å². The molecule has 3 aliphatic rings. The molecule has 22 heavy (non-hydrogen) atoms. The summed E-state index contributed by atoms with van der Waals surface area (Å²) in [5.74, 6) is 2.00. The molecule has 0 aromatic heterocycles. The molecule has 0 unspecified atom stereocenters. The van der Waals surface area contributed by atoms with Gasteiger partial charge in [0.2, 0.25) is 5.91 Å². The Morgan fingerprint density at radius 3 is 2.50 bits per heavy atom. The first-order valence-electron chi connectivity index (χ1n) is 9.20. The summed E-state index contributed by atoms with van der Waals surface area (Å²) in [7, 11) is 0. The van der Waals surface area contributed by atoms with Crippen LogP contribution in [0.15, 0.2) is 30.3 Å². The zero-order valence-electron chi connectivity index (χ0n) is 13.4. The van der Waals surface area contributed by atoms with Gasteiger partial charge in [0, 0.05) is 18.5 Å². The predicted octanol–water partition coefficient (Wildman–Crippen LogP) is 4.36. The van der Waals surface area contributed by atoms with Gasteiger partial charge in [-0.25, -0.2) is 0 Å². The number of hydrogen-bond donors (Lipinski definition) is 0. The standard InChI is InChI=1S/C20H27NO/c22-20(18-14-17(18)15-8-3-1-4-9-15)21-13-7-12-19(21)16-10-5-2-6-11-16/h1,3-4,8-9,16-19H,2,5-7,10-14H2/t17-,18-,19-/m1/s1. The molecule has 0 bridgehead atoms. The van der Waals surface area contributed by atoms with E-state index >= 15 is 0 Å². The Kier molecular flexibility index (Phi) is 3.94. The van der Waals surface area contributed by atoms with Gasteiger partial charge in [-0.15, -0.1) is 0 Å². The lowest BCUT2D eigenvalue weighted by molar-refractivity contribution is -0.134. The van der Waals surface area contributed by atoms with Crippen LogP contribution in [0.4, 0.5) is 0 Å². The van der Waals surface area contributed by atoms with Crippen LogP contribution in [0.1, 0.15) is 62.8 Å². The Hall–Kier alpha value is -1.31. The van der Waals surface area contributed by atoms with Crippen LogP contribution >= 0.6 is 0 Å². The van der Waals surface area contributed by atoms with Crippen LogP contribution in [0.3, 0.4) is 0 Å². The average molecular weight is 297 g/mol. The van der Waals surface area contributed by atoms with Crippen LogP contribution in [-0.2, 0) is 4.79 Å². The monoisotopic (exact) mass is 297 g/mol. The fourth-order valence-electron chi connectivity index (χ4n) is 4.82. The molecule has 2 heteroatoms. The van der Waals surface area contributed by atoms with E-state index in [1.54, 1.807) is 0 Å². The van der Waals surface area contributed by atoms with Crippen molar-refractivity contribution in [1.82, 2.24) is 4.90 Å². The highest BCUT2D eigenvalue weighted by Gasteiger charge is 2.48. The van der Waals surface area contributed by atoms with Gasteiger partial charge in [-0.2, -0.15) is 0 Å². The van der Waals surface area contributed by atoms with E-state index in [4.69, 9.17) is 0 Å². The molecule has 0 spiro atoms. The second kappa shape index (κ2) is 6.06. The van der Waals surface area contributed by atoms with Crippen molar-refractivity contribution in [1.29, 1.82) is 0 Å². The Morgan fingerprint density at radius 2 is 1.73 bits per heavy atom. The zero-order valence-corrected chi connectivity index (χ0v) is 13.4. The highest BCUT2D eigenvalue weighted by atomic mass is 16.2. The molecule has 3 atom stereocenters. The molecule has 2 saturated carbocycles. The van der Waals surface area contributed by atoms with Crippen molar-refractivity contribution in [2.75, 3.05) is 6.54 Å². The number of benzene rings is 1. The van der Waals surface area contributed by atoms with Gasteiger partial charge in [0.05, 0.1) is 0 Å². The zero-order chi connectivity index (χ0) is 14.9. The molecule has 0 N–H and O–H groups in total. The molecular weight excluding hydrogens is 270 g/mol. The third kappa shape index (κ3) is 2.68. The maximum absolute atomic E-state index is 13.0. The van der Waals surface area contributed by atoms with Crippen LogP contribution in [0, 0.1) is 11.8 Å². The van der Waals surface area contributed by atoms with Crippen molar-refractivity contribution in [3.63, 3.8) is 0 Å². The normalized spacial score (nSPS) is 32.2. The number of nitrogens with zero attached hydrogens (tertiary/aromatic N) is 1. The fourth-order valence-corrected chi connectivity index (χ4v) is 4.82. The first-order valence-corrected chi connectivity index (χ1v) is 9.20. The lowest BCUT2D eigenvalue weighted by atomic mass is 9.83. The molecular formula is C20H27NO. The summed E-state index contributed by atoms with van der Waals surface area (Å²) in [6.45, 7) is 1.01. The fraction of sp³-hybridized carbons (Fsp3) is 0.650. The molecule has 1 aromatic carbocycles. The van der Waals surface area contributed by atoms with Gasteiger partial charge < -0.3 is 4.90 Å². The van der Waals surface area contributed by atoms with Crippen molar-refractivity contribution in [2.45, 2.75) is 63.3 Å². The van der Waals surface area contributed by atoms with Gasteiger partial charge in [-0.05, 0) is 49.5 Å². The Labute approximate surface area is 133 Å². The molecule has 1 aromatic rings. The van der Waals surface area contributed by atoms with Crippen molar-refractivity contribution in [3.8, 4) is 0 Å². The topological polar surface area (TPSA) is 20.3 Å². The van der Waals surface area contributed by atoms with Crippen LogP contribution in [-0.4, -0.2) is 23.4 Å². The van der Waals surface area contributed by atoms with Crippen LogP contribution in [0.25, 0.3) is 0 Å². The summed E-state index contributed by atoms with van der Waals surface area (Å²) in [6, 6.07) is 11.2. The molecule has 1 amide bonds. The van der Waals surface area contributed by atoms with E-state index in [1.165, 1.54) is 50.5 Å². The molecule has 1 heterocycles. The van der Waals surface area contributed by atoms with E-state index in [1.807, 2.05) is 0 Å². The van der Waals surface area contributed by atoms with Crippen molar-refractivity contribution in [2.24, 2.45) is 11.8 Å². The van der Waals surface area contributed by atoms with Crippen molar-refractivity contribution >= 4 is 5.91 Å². The number of amides is 1. The second-order valence-corrected chi connectivity index (χ2v) is 7.50. The number of carbonyl (C=O) groups is 1. The summed E-state index contributed by atoms with van der Waals surface area (Å²) in [5, 5.41) is 0. The summed E-state index contributed by atoms with van der Waals surface area (Å²) in [6.07, 6.45) is 10.4. The van der Waals surface area contributed by atoms with E-state index in [2.05, 4.69) is 35.2 Å². The van der Waals surface area contributed by atoms with Crippen molar-refractivity contribution < 1.29 is 4.79 Å². The van der Waals surface area contributed by atoms with Crippen LogP contribution < -0.4 is 0 Å². The average Bonchev–Trinajstić information content (AvgIpc) is 3.24. The number of rotatable bonds is 3. The van der Waals surface area contributed by atoms with Gasteiger partial charge in [0.25, 0.3) is 0 Å². The lowest BCUT2D eigenvalue weighted by Crippen LogP contribution is -2.41. The van der Waals surface area contributed by atoms with E-state index < -0.39 is 0 Å². The Bertz CT molecular complexity index is 520. The van der Waals surface area contributed by atoms with Crippen LogP contribution in [0.5, 0.6) is 0 Å². The maximum atomic E-state index is 13.0. The molecule has 118 valence electrons. The minimum Gasteiger partial charge on any atom is -0.339 e. The third-order valence-corrected chi connectivity index (χ3v) is 6.11. The minimum absolute atomic E-state index is 0.270. The first kappa shape index (κ1) is 14.3. The Balaban J connectivity index is 1.42. The van der Waals surface area contributed by atoms with Crippen LogP contribution in [0.2, 0.25) is 0 Å². The molecule has 2 aliphatic carbocycles. The van der Waals surface area contributed by atoms with E-state index in [0.717, 1.165) is 18.9 Å². The summed E-state index contributed by atoms with van der Waals surface area (Å²) < 4.78 is 0. The molecule has 2 nitrogen and oxygen atoms in total. The second-order valence-electron chi connectivity index (χ2n) is 7.50. The van der Waals surface area contributed by atoms with Gasteiger partial charge in [-0.3, -0.25) is 4.79 Å². The highest BCUT2D eigenvalue weighted by Crippen LogP contribution is 2.49. The molecule has 1 aliphatic heterocycles. The number of hydrogen-bond acceptors (Lipinski definition) is 1. The number of likely N-dealkylation sites (tertiary alicyclic amines) is 1. The summed E-state index contributed by atoms with van der Waals surface area (Å²) in [4.78, 5) is 15.3. The predicted molar refractivity (Wildman–Crippen MR) is 88.6 cm³/mol. The third-order valence-electron chi connectivity index (χ3n) is 6.11. The molecule has 1 saturated heterocycles.